The second kappa shape index (κ2) is 3.58. The number of carbonyl (C=O) groups is 1. The third-order valence-corrected chi connectivity index (χ3v) is 1.93. The van der Waals surface area contributed by atoms with Crippen molar-refractivity contribution in [1.82, 2.24) is 15.0 Å². The van der Waals surface area contributed by atoms with Gasteiger partial charge in [0.1, 0.15) is 0 Å². The number of hydrogen-bond acceptors (Lipinski definition) is 5. The summed E-state index contributed by atoms with van der Waals surface area (Å²) in [5.41, 5.74) is 0.889. The molecule has 0 aromatic carbocycles. The monoisotopic (exact) mass is 224 g/mol. The van der Waals surface area contributed by atoms with Gasteiger partial charge in [-0.15, -0.1) is 0 Å². The lowest BCUT2D eigenvalue weighted by atomic mass is 10.4. The SMILES string of the molecule is O=C(N=S(=O)=O)c1nc2ncccc2[nH]1. The molecule has 2 aromatic rings. The second-order valence-corrected chi connectivity index (χ2v) is 3.19. The lowest BCUT2D eigenvalue weighted by Gasteiger charge is -1.81. The van der Waals surface area contributed by atoms with Crippen molar-refractivity contribution in [2.45, 2.75) is 0 Å². The Morgan fingerprint density at radius 1 is 1.47 bits per heavy atom. The van der Waals surface area contributed by atoms with Gasteiger partial charge in [-0.25, -0.2) is 9.97 Å². The van der Waals surface area contributed by atoms with Crippen LogP contribution in [0.2, 0.25) is 0 Å². The van der Waals surface area contributed by atoms with Crippen LogP contribution in [0.25, 0.3) is 11.2 Å². The first-order chi connectivity index (χ1) is 7.16. The maximum absolute atomic E-state index is 11.1. The van der Waals surface area contributed by atoms with Crippen LogP contribution in [0.5, 0.6) is 0 Å². The van der Waals surface area contributed by atoms with Crippen LogP contribution < -0.4 is 0 Å². The molecule has 2 aromatic heterocycles. The molecule has 8 heteroatoms. The molecule has 0 saturated heterocycles. The highest BCUT2D eigenvalue weighted by Crippen LogP contribution is 2.07. The van der Waals surface area contributed by atoms with Crippen LogP contribution in [0.4, 0.5) is 0 Å². The summed E-state index contributed by atoms with van der Waals surface area (Å²) >= 11 is 0. The van der Waals surface area contributed by atoms with Gasteiger partial charge in [0.2, 0.25) is 5.82 Å². The van der Waals surface area contributed by atoms with Crippen LogP contribution in [0.3, 0.4) is 0 Å². The minimum absolute atomic E-state index is 0.145. The molecule has 0 aliphatic carbocycles. The zero-order chi connectivity index (χ0) is 10.8. The fourth-order valence-electron chi connectivity index (χ4n) is 1.06. The molecule has 1 amide bonds. The molecule has 1 N–H and O–H groups in total. The highest BCUT2D eigenvalue weighted by atomic mass is 32.2. The van der Waals surface area contributed by atoms with E-state index in [4.69, 9.17) is 0 Å². The van der Waals surface area contributed by atoms with E-state index in [9.17, 15) is 13.2 Å². The molecule has 0 aliphatic rings. The standard InChI is InChI=1S/C7H4N4O3S/c12-7(11-15(13)14)6-9-4-2-1-3-8-5(4)10-6/h1-3H,(H,8,9,10). The Balaban J connectivity index is 2.54. The smallest absolute Gasteiger partial charge is 0.327 e. The summed E-state index contributed by atoms with van der Waals surface area (Å²) < 4.78 is 23.1. The van der Waals surface area contributed by atoms with Gasteiger partial charge in [-0.2, -0.15) is 8.42 Å². The lowest BCUT2D eigenvalue weighted by molar-refractivity contribution is 0.0996. The van der Waals surface area contributed by atoms with Gasteiger partial charge in [0, 0.05) is 6.20 Å². The van der Waals surface area contributed by atoms with E-state index in [1.54, 1.807) is 12.1 Å². The molecule has 2 rings (SSSR count). The fraction of sp³-hybridized carbons (Fsp3) is 0. The first-order valence-electron chi connectivity index (χ1n) is 3.83. The molecule has 76 valence electrons. The van der Waals surface area contributed by atoms with E-state index < -0.39 is 16.4 Å². The topological polar surface area (TPSA) is 105 Å². The van der Waals surface area contributed by atoms with E-state index in [1.807, 2.05) is 0 Å². The average molecular weight is 224 g/mol. The number of pyridine rings is 1. The molecular formula is C7H4N4O3S. The molecule has 0 aliphatic heterocycles. The van der Waals surface area contributed by atoms with Gasteiger partial charge in [-0.05, 0) is 12.1 Å². The third-order valence-electron chi connectivity index (χ3n) is 1.62. The summed E-state index contributed by atoms with van der Waals surface area (Å²) in [5, 5.41) is 0. The summed E-state index contributed by atoms with van der Waals surface area (Å²) in [4.78, 5) is 21.4. The highest BCUT2D eigenvalue weighted by molar-refractivity contribution is 7.62. The lowest BCUT2D eigenvalue weighted by Crippen LogP contribution is -1.96. The maximum atomic E-state index is 11.1. The van der Waals surface area contributed by atoms with Crippen molar-refractivity contribution in [2.24, 2.45) is 4.36 Å². The Bertz CT molecular complexity index is 617. The number of carbonyl (C=O) groups excluding carboxylic acids is 1. The van der Waals surface area contributed by atoms with Crippen molar-refractivity contribution in [3.8, 4) is 0 Å². The van der Waals surface area contributed by atoms with Crippen molar-refractivity contribution in [3.63, 3.8) is 0 Å². The zero-order valence-electron chi connectivity index (χ0n) is 7.21. The highest BCUT2D eigenvalue weighted by Gasteiger charge is 2.10. The molecule has 0 bridgehead atoms. The number of hydrogen-bond donors (Lipinski definition) is 1. The fourth-order valence-corrected chi connectivity index (χ4v) is 1.28. The Morgan fingerprint density at radius 2 is 2.27 bits per heavy atom. The number of nitrogens with one attached hydrogen (secondary N) is 1. The second-order valence-electron chi connectivity index (χ2n) is 2.57. The maximum Gasteiger partial charge on any atom is 0.327 e. The number of fused-ring (bicyclic) bond motifs is 1. The summed E-state index contributed by atoms with van der Waals surface area (Å²) in [6.07, 6.45) is 1.51. The Labute approximate surface area is 84.9 Å². The molecule has 0 fully saturated rings. The van der Waals surface area contributed by atoms with E-state index in [0.29, 0.717) is 11.2 Å². The third kappa shape index (κ3) is 1.89. The van der Waals surface area contributed by atoms with Crippen molar-refractivity contribution >= 4 is 27.6 Å². The molecule has 0 unspecified atom stereocenters. The summed E-state index contributed by atoms with van der Waals surface area (Å²) in [6, 6.07) is 3.33. The predicted octanol–water partition coefficient (Wildman–Crippen LogP) is 0.161. The average Bonchev–Trinajstić information content (AvgIpc) is 2.59. The Morgan fingerprint density at radius 3 is 2.93 bits per heavy atom. The Hall–Kier alpha value is -2.09. The zero-order valence-corrected chi connectivity index (χ0v) is 8.02. The van der Waals surface area contributed by atoms with Crippen LogP contribution in [-0.2, 0) is 10.5 Å². The van der Waals surface area contributed by atoms with E-state index >= 15 is 0 Å². The number of H-pyrrole nitrogens is 1. The minimum atomic E-state index is -2.77. The number of imidazole rings is 1. The molecule has 0 spiro atoms. The molecule has 0 saturated carbocycles. The summed E-state index contributed by atoms with van der Waals surface area (Å²) in [5.74, 6) is -1.09. The van der Waals surface area contributed by atoms with Gasteiger partial charge in [0.15, 0.2) is 5.65 Å². The minimum Gasteiger partial charge on any atom is -0.332 e. The normalized spacial score (nSPS) is 10.1. The first kappa shape index (κ1) is 9.46. The first-order valence-corrected chi connectivity index (χ1v) is 4.86. The van der Waals surface area contributed by atoms with Crippen LogP contribution >= 0.6 is 0 Å². The predicted molar refractivity (Wildman–Crippen MR) is 49.6 cm³/mol. The number of aromatic amines is 1. The van der Waals surface area contributed by atoms with Gasteiger partial charge in [0.25, 0.3) is 0 Å². The number of aromatic nitrogens is 3. The molecule has 15 heavy (non-hydrogen) atoms. The van der Waals surface area contributed by atoms with Gasteiger partial charge >= 0.3 is 16.4 Å². The molecule has 2 heterocycles. The Kier molecular flexibility index (Phi) is 2.26. The van der Waals surface area contributed by atoms with E-state index in [2.05, 4.69) is 19.3 Å². The number of rotatable bonds is 1. The van der Waals surface area contributed by atoms with E-state index in [1.165, 1.54) is 6.20 Å². The van der Waals surface area contributed by atoms with Crippen molar-refractivity contribution in [3.05, 3.63) is 24.2 Å². The van der Waals surface area contributed by atoms with Crippen molar-refractivity contribution in [2.75, 3.05) is 0 Å². The van der Waals surface area contributed by atoms with Gasteiger partial charge in [-0.1, -0.05) is 4.36 Å². The van der Waals surface area contributed by atoms with Gasteiger partial charge in [0.05, 0.1) is 5.52 Å². The number of nitrogens with zero attached hydrogens (tertiary/aromatic N) is 3. The summed E-state index contributed by atoms with van der Waals surface area (Å²) in [7, 11) is -2.77. The quantitative estimate of drug-likeness (QED) is 0.742. The van der Waals surface area contributed by atoms with E-state index in [-0.39, 0.29) is 5.82 Å². The molecular weight excluding hydrogens is 220 g/mol. The van der Waals surface area contributed by atoms with Crippen molar-refractivity contribution in [1.29, 1.82) is 0 Å². The van der Waals surface area contributed by atoms with Crippen LogP contribution in [0.15, 0.2) is 22.7 Å². The largest absolute Gasteiger partial charge is 0.332 e. The molecule has 0 radical (unpaired) electrons. The summed E-state index contributed by atoms with van der Waals surface area (Å²) in [6.45, 7) is 0. The van der Waals surface area contributed by atoms with Crippen LogP contribution in [-0.4, -0.2) is 29.3 Å². The van der Waals surface area contributed by atoms with Gasteiger partial charge in [-0.3, -0.25) is 4.79 Å². The van der Waals surface area contributed by atoms with E-state index in [0.717, 1.165) is 0 Å². The van der Waals surface area contributed by atoms with Crippen molar-refractivity contribution < 1.29 is 13.2 Å². The molecule has 0 atom stereocenters. The van der Waals surface area contributed by atoms with Crippen LogP contribution in [0, 0.1) is 0 Å². The number of amides is 1. The molecule has 7 nitrogen and oxygen atoms in total. The van der Waals surface area contributed by atoms with Crippen LogP contribution in [0.1, 0.15) is 10.6 Å². The van der Waals surface area contributed by atoms with Gasteiger partial charge < -0.3 is 4.98 Å².